The lowest BCUT2D eigenvalue weighted by molar-refractivity contribution is 0.102. The molecule has 6 heteroatoms. The fourth-order valence-electron chi connectivity index (χ4n) is 1.50. The molecule has 0 saturated heterocycles. The molecule has 2 N–H and O–H groups in total. The molecule has 0 saturated carbocycles. The Kier molecular flexibility index (Phi) is 3.27. The maximum atomic E-state index is 12.0. The van der Waals surface area contributed by atoms with Gasteiger partial charge in [-0.15, -0.1) is 5.10 Å². The summed E-state index contributed by atoms with van der Waals surface area (Å²) < 4.78 is 0. The number of hydrogen-bond acceptors (Lipinski definition) is 4. The monoisotopic (exact) mass is 245 g/mol. The largest absolute Gasteiger partial charge is 0.378 e. The van der Waals surface area contributed by atoms with Crippen molar-refractivity contribution in [1.82, 2.24) is 15.2 Å². The normalized spacial score (nSPS) is 10.2. The van der Waals surface area contributed by atoms with Crippen molar-refractivity contribution in [3.8, 4) is 0 Å². The van der Waals surface area contributed by atoms with Gasteiger partial charge in [-0.05, 0) is 25.1 Å². The molecule has 0 atom stereocenters. The van der Waals surface area contributed by atoms with Gasteiger partial charge >= 0.3 is 0 Å². The summed E-state index contributed by atoms with van der Waals surface area (Å²) in [7, 11) is 3.85. The lowest BCUT2D eigenvalue weighted by Crippen LogP contribution is -2.15. The third-order valence-electron chi connectivity index (χ3n) is 2.45. The molecule has 0 aliphatic rings. The number of carbonyl (C=O) groups is 1. The SMILES string of the molecule is Cc1nc(NC(=O)c2cccc(N(C)C)c2)n[nH]1. The second-order valence-electron chi connectivity index (χ2n) is 4.14. The molecule has 1 amide bonds. The van der Waals surface area contributed by atoms with Crippen LogP contribution in [0.3, 0.4) is 0 Å². The molecular weight excluding hydrogens is 230 g/mol. The van der Waals surface area contributed by atoms with Gasteiger partial charge in [-0.25, -0.2) is 0 Å². The summed E-state index contributed by atoms with van der Waals surface area (Å²) in [6.07, 6.45) is 0. The Morgan fingerprint density at radius 2 is 2.17 bits per heavy atom. The first kappa shape index (κ1) is 12.1. The van der Waals surface area contributed by atoms with Crippen LogP contribution in [0.25, 0.3) is 0 Å². The number of rotatable bonds is 3. The zero-order chi connectivity index (χ0) is 13.1. The Morgan fingerprint density at radius 1 is 1.39 bits per heavy atom. The van der Waals surface area contributed by atoms with Crippen LogP contribution in [0, 0.1) is 6.92 Å². The Labute approximate surface area is 105 Å². The molecule has 6 nitrogen and oxygen atoms in total. The minimum absolute atomic E-state index is 0.224. The number of carbonyl (C=O) groups excluding carboxylic acids is 1. The van der Waals surface area contributed by atoms with E-state index in [0.717, 1.165) is 5.69 Å². The second-order valence-corrected chi connectivity index (χ2v) is 4.14. The van der Waals surface area contributed by atoms with Crippen LogP contribution in [0.1, 0.15) is 16.2 Å². The fourth-order valence-corrected chi connectivity index (χ4v) is 1.50. The average molecular weight is 245 g/mol. The number of aromatic nitrogens is 3. The van der Waals surface area contributed by atoms with E-state index in [1.165, 1.54) is 0 Å². The highest BCUT2D eigenvalue weighted by atomic mass is 16.1. The first-order valence-corrected chi connectivity index (χ1v) is 5.54. The van der Waals surface area contributed by atoms with E-state index >= 15 is 0 Å². The van der Waals surface area contributed by atoms with Crippen molar-refractivity contribution >= 4 is 17.5 Å². The molecule has 0 spiro atoms. The third kappa shape index (κ3) is 2.65. The zero-order valence-corrected chi connectivity index (χ0v) is 10.6. The third-order valence-corrected chi connectivity index (χ3v) is 2.45. The highest BCUT2D eigenvalue weighted by Crippen LogP contribution is 2.14. The van der Waals surface area contributed by atoms with Gasteiger partial charge in [0.2, 0.25) is 5.95 Å². The van der Waals surface area contributed by atoms with E-state index in [2.05, 4.69) is 20.5 Å². The summed E-state index contributed by atoms with van der Waals surface area (Å²) in [5.41, 5.74) is 1.54. The number of anilines is 2. The molecule has 0 unspecified atom stereocenters. The Bertz CT molecular complexity index is 561. The summed E-state index contributed by atoms with van der Waals surface area (Å²) in [6.45, 7) is 1.77. The number of H-pyrrole nitrogens is 1. The Balaban J connectivity index is 2.16. The highest BCUT2D eigenvalue weighted by Gasteiger charge is 2.09. The van der Waals surface area contributed by atoms with Gasteiger partial charge in [0.05, 0.1) is 0 Å². The van der Waals surface area contributed by atoms with E-state index in [-0.39, 0.29) is 11.9 Å². The average Bonchev–Trinajstić information content (AvgIpc) is 2.75. The molecule has 0 fully saturated rings. The van der Waals surface area contributed by atoms with Crippen LogP contribution < -0.4 is 10.2 Å². The molecule has 1 aromatic heterocycles. The molecule has 2 rings (SSSR count). The van der Waals surface area contributed by atoms with Crippen molar-refractivity contribution in [2.45, 2.75) is 6.92 Å². The van der Waals surface area contributed by atoms with Crippen molar-refractivity contribution in [2.24, 2.45) is 0 Å². The first-order valence-electron chi connectivity index (χ1n) is 5.54. The maximum absolute atomic E-state index is 12.0. The van der Waals surface area contributed by atoms with Gasteiger partial charge in [0.15, 0.2) is 0 Å². The van der Waals surface area contributed by atoms with Gasteiger partial charge in [-0.1, -0.05) is 6.07 Å². The number of hydrogen-bond donors (Lipinski definition) is 2. The van der Waals surface area contributed by atoms with Gasteiger partial charge in [-0.2, -0.15) is 4.98 Å². The van der Waals surface area contributed by atoms with Crippen molar-refractivity contribution in [3.05, 3.63) is 35.7 Å². The van der Waals surface area contributed by atoms with E-state index in [9.17, 15) is 4.79 Å². The Morgan fingerprint density at radius 3 is 2.78 bits per heavy atom. The van der Waals surface area contributed by atoms with Crippen LogP contribution in [0.2, 0.25) is 0 Å². The number of nitrogens with one attached hydrogen (secondary N) is 2. The van der Waals surface area contributed by atoms with E-state index in [1.807, 2.05) is 37.2 Å². The van der Waals surface area contributed by atoms with Gasteiger partial charge in [-0.3, -0.25) is 15.2 Å². The fraction of sp³-hybridized carbons (Fsp3) is 0.250. The first-order chi connectivity index (χ1) is 8.56. The summed E-state index contributed by atoms with van der Waals surface area (Å²) in [5.74, 6) is 0.720. The maximum Gasteiger partial charge on any atom is 0.258 e. The zero-order valence-electron chi connectivity index (χ0n) is 10.6. The van der Waals surface area contributed by atoms with Crippen LogP contribution in [0.15, 0.2) is 24.3 Å². The standard InChI is InChI=1S/C12H15N5O/c1-8-13-12(16-15-8)14-11(18)9-5-4-6-10(7-9)17(2)3/h4-7H,1-3H3,(H2,13,14,15,16,18). The van der Waals surface area contributed by atoms with E-state index in [1.54, 1.807) is 13.0 Å². The van der Waals surface area contributed by atoms with Crippen LogP contribution in [0.5, 0.6) is 0 Å². The predicted molar refractivity (Wildman–Crippen MR) is 69.8 cm³/mol. The van der Waals surface area contributed by atoms with Crippen molar-refractivity contribution in [2.75, 3.05) is 24.3 Å². The van der Waals surface area contributed by atoms with E-state index < -0.39 is 0 Å². The van der Waals surface area contributed by atoms with Gasteiger partial charge in [0.1, 0.15) is 5.82 Å². The minimum atomic E-state index is -0.224. The minimum Gasteiger partial charge on any atom is -0.378 e. The van der Waals surface area contributed by atoms with Gasteiger partial charge in [0.25, 0.3) is 5.91 Å². The molecule has 18 heavy (non-hydrogen) atoms. The lowest BCUT2D eigenvalue weighted by Gasteiger charge is -2.13. The molecule has 0 bridgehead atoms. The van der Waals surface area contributed by atoms with Crippen LogP contribution >= 0.6 is 0 Å². The molecule has 0 aliphatic carbocycles. The Hall–Kier alpha value is -2.37. The predicted octanol–water partition coefficient (Wildman–Crippen LogP) is 1.43. The van der Waals surface area contributed by atoms with Gasteiger partial charge in [0, 0.05) is 25.3 Å². The lowest BCUT2D eigenvalue weighted by atomic mass is 10.2. The van der Waals surface area contributed by atoms with E-state index in [4.69, 9.17) is 0 Å². The molecule has 1 heterocycles. The topological polar surface area (TPSA) is 73.9 Å². The quantitative estimate of drug-likeness (QED) is 0.858. The molecular formula is C12H15N5O. The molecule has 94 valence electrons. The summed E-state index contributed by atoms with van der Waals surface area (Å²) in [6, 6.07) is 7.35. The molecule has 1 aromatic carbocycles. The van der Waals surface area contributed by atoms with Crippen LogP contribution in [-0.2, 0) is 0 Å². The second kappa shape index (κ2) is 4.87. The number of benzene rings is 1. The van der Waals surface area contributed by atoms with E-state index in [0.29, 0.717) is 11.4 Å². The van der Waals surface area contributed by atoms with Crippen molar-refractivity contribution < 1.29 is 4.79 Å². The van der Waals surface area contributed by atoms with Gasteiger partial charge < -0.3 is 4.90 Å². The molecule has 0 aliphatic heterocycles. The molecule has 0 radical (unpaired) electrons. The number of aromatic amines is 1. The van der Waals surface area contributed by atoms with Crippen molar-refractivity contribution in [3.63, 3.8) is 0 Å². The number of aryl methyl sites for hydroxylation is 1. The summed E-state index contributed by atoms with van der Waals surface area (Å²) >= 11 is 0. The smallest absolute Gasteiger partial charge is 0.258 e. The number of nitrogens with zero attached hydrogens (tertiary/aromatic N) is 3. The summed E-state index contributed by atoms with van der Waals surface area (Å²) in [5, 5.41) is 9.17. The highest BCUT2D eigenvalue weighted by molar-refractivity contribution is 6.03. The molecule has 2 aromatic rings. The van der Waals surface area contributed by atoms with Crippen LogP contribution in [-0.4, -0.2) is 35.2 Å². The van der Waals surface area contributed by atoms with Crippen LogP contribution in [0.4, 0.5) is 11.6 Å². The van der Waals surface area contributed by atoms with Crippen molar-refractivity contribution in [1.29, 1.82) is 0 Å². The summed E-state index contributed by atoms with van der Waals surface area (Å²) in [4.78, 5) is 17.9. The number of amides is 1.